The second kappa shape index (κ2) is 6.01. The van der Waals surface area contributed by atoms with E-state index in [4.69, 9.17) is 10.5 Å². The molecule has 0 spiro atoms. The Morgan fingerprint density at radius 3 is 2.70 bits per heavy atom. The van der Waals surface area contributed by atoms with Gasteiger partial charge in [-0.3, -0.25) is 4.79 Å². The number of nitrogen functional groups attached to an aromatic ring is 1. The van der Waals surface area contributed by atoms with Gasteiger partial charge in [0.05, 0.1) is 18.1 Å². The summed E-state index contributed by atoms with van der Waals surface area (Å²) in [5, 5.41) is 4.20. The van der Waals surface area contributed by atoms with Crippen LogP contribution in [0.3, 0.4) is 0 Å². The third-order valence-corrected chi connectivity index (χ3v) is 2.57. The fourth-order valence-electron chi connectivity index (χ4n) is 1.55. The number of ether oxygens (including phenoxy) is 1. The molecule has 0 aliphatic heterocycles. The summed E-state index contributed by atoms with van der Waals surface area (Å²) in [4.78, 5) is 15.2. The number of esters is 1. The van der Waals surface area contributed by atoms with Gasteiger partial charge in [0, 0.05) is 6.42 Å². The monoisotopic (exact) mass is 272 g/mol. The molecule has 2 N–H and O–H groups in total. The van der Waals surface area contributed by atoms with E-state index in [1.54, 1.807) is 31.5 Å². The van der Waals surface area contributed by atoms with E-state index < -0.39 is 0 Å². The Labute approximate surface area is 116 Å². The van der Waals surface area contributed by atoms with Crippen LogP contribution in [-0.4, -0.2) is 21.8 Å². The number of nitrogens with two attached hydrogens (primary N) is 1. The largest absolute Gasteiger partial charge is 0.427 e. The van der Waals surface area contributed by atoms with Gasteiger partial charge in [0.25, 0.3) is 0 Å². The summed E-state index contributed by atoms with van der Waals surface area (Å²) in [6, 6.07) is 7.05. The lowest BCUT2D eigenvalue weighted by molar-refractivity contribution is -0.134. The lowest BCUT2D eigenvalue weighted by Crippen LogP contribution is -2.05. The van der Waals surface area contributed by atoms with Crippen molar-refractivity contribution in [2.24, 2.45) is 5.10 Å². The third kappa shape index (κ3) is 3.44. The first-order valence-corrected chi connectivity index (χ1v) is 6.25. The fourth-order valence-corrected chi connectivity index (χ4v) is 1.55. The average Bonchev–Trinajstić information content (AvgIpc) is 2.76. The van der Waals surface area contributed by atoms with Gasteiger partial charge in [-0.25, -0.2) is 9.66 Å². The number of aromatic nitrogens is 2. The zero-order chi connectivity index (χ0) is 14.5. The Kier molecular flexibility index (Phi) is 4.14. The van der Waals surface area contributed by atoms with Crippen molar-refractivity contribution in [2.45, 2.75) is 20.3 Å². The Morgan fingerprint density at radius 1 is 1.45 bits per heavy atom. The molecular formula is C14H16N4O2. The second-order valence-corrected chi connectivity index (χ2v) is 4.23. The van der Waals surface area contributed by atoms with Gasteiger partial charge in [-0.05, 0) is 36.8 Å². The normalized spacial score (nSPS) is 10.9. The molecule has 6 nitrogen and oxygen atoms in total. The molecule has 0 amide bonds. The van der Waals surface area contributed by atoms with Crippen molar-refractivity contribution in [1.82, 2.24) is 9.66 Å². The molecule has 1 aromatic carbocycles. The summed E-state index contributed by atoms with van der Waals surface area (Å²) in [6.45, 7) is 3.60. The minimum atomic E-state index is -0.256. The van der Waals surface area contributed by atoms with E-state index in [1.807, 2.05) is 19.1 Å². The zero-order valence-corrected chi connectivity index (χ0v) is 11.4. The molecule has 0 saturated heterocycles. The van der Waals surface area contributed by atoms with Crippen LogP contribution in [0.2, 0.25) is 0 Å². The highest BCUT2D eigenvalue weighted by atomic mass is 16.5. The van der Waals surface area contributed by atoms with E-state index in [9.17, 15) is 4.79 Å². The molecule has 2 aromatic rings. The van der Waals surface area contributed by atoms with E-state index in [0.29, 0.717) is 18.1 Å². The molecule has 104 valence electrons. The number of carbonyl (C=O) groups excluding carboxylic acids is 1. The van der Waals surface area contributed by atoms with Crippen molar-refractivity contribution in [2.75, 3.05) is 5.73 Å². The Morgan fingerprint density at radius 2 is 2.15 bits per heavy atom. The van der Waals surface area contributed by atoms with Gasteiger partial charge >= 0.3 is 5.97 Å². The van der Waals surface area contributed by atoms with Crippen molar-refractivity contribution in [3.05, 3.63) is 41.7 Å². The quantitative estimate of drug-likeness (QED) is 0.524. The number of hydrogen-bond donors (Lipinski definition) is 1. The van der Waals surface area contributed by atoms with Gasteiger partial charge in [-0.2, -0.15) is 5.10 Å². The predicted octanol–water partition coefficient (Wildman–Crippen LogP) is 1.97. The molecule has 0 aliphatic carbocycles. The number of aryl methyl sites for hydroxylation is 1. The van der Waals surface area contributed by atoms with Gasteiger partial charge < -0.3 is 10.5 Å². The standard InChI is InChI=1S/C14H16N4O2/c1-3-13(19)20-12-6-4-11(5-7-12)8-16-18-9-10(2)17-14(18)15/h4-9H,3H2,1-2H3,(H2,15,17). The molecule has 2 rings (SSSR count). The van der Waals surface area contributed by atoms with Crippen LogP contribution >= 0.6 is 0 Å². The van der Waals surface area contributed by atoms with Crippen LogP contribution in [0.25, 0.3) is 0 Å². The SMILES string of the molecule is CCC(=O)Oc1ccc(C=Nn2cc(C)nc2N)cc1. The lowest BCUT2D eigenvalue weighted by Gasteiger charge is -2.02. The van der Waals surface area contributed by atoms with Crippen molar-refractivity contribution >= 4 is 18.1 Å². The summed E-state index contributed by atoms with van der Waals surface area (Å²) in [6.07, 6.45) is 3.74. The number of nitrogens with zero attached hydrogens (tertiary/aromatic N) is 3. The molecule has 1 aromatic heterocycles. The first kappa shape index (κ1) is 13.8. The van der Waals surface area contributed by atoms with Gasteiger partial charge in [0.2, 0.25) is 5.95 Å². The second-order valence-electron chi connectivity index (χ2n) is 4.23. The van der Waals surface area contributed by atoms with Crippen LogP contribution in [0.1, 0.15) is 24.6 Å². The Hall–Kier alpha value is -2.63. The molecule has 6 heteroatoms. The van der Waals surface area contributed by atoms with Gasteiger partial charge in [0.1, 0.15) is 5.75 Å². The summed E-state index contributed by atoms with van der Waals surface area (Å²) >= 11 is 0. The van der Waals surface area contributed by atoms with Crippen molar-refractivity contribution < 1.29 is 9.53 Å². The maximum absolute atomic E-state index is 11.1. The predicted molar refractivity (Wildman–Crippen MR) is 76.7 cm³/mol. The van der Waals surface area contributed by atoms with Crippen LogP contribution < -0.4 is 10.5 Å². The fraction of sp³-hybridized carbons (Fsp3) is 0.214. The minimum absolute atomic E-state index is 0.256. The number of imidazole rings is 1. The van der Waals surface area contributed by atoms with Crippen LogP contribution in [0.15, 0.2) is 35.6 Å². The van der Waals surface area contributed by atoms with Crippen molar-refractivity contribution in [3.63, 3.8) is 0 Å². The van der Waals surface area contributed by atoms with E-state index in [0.717, 1.165) is 11.3 Å². The lowest BCUT2D eigenvalue weighted by atomic mass is 10.2. The van der Waals surface area contributed by atoms with Crippen molar-refractivity contribution in [3.8, 4) is 5.75 Å². The van der Waals surface area contributed by atoms with Crippen LogP contribution in [0.4, 0.5) is 5.95 Å². The molecule has 0 fully saturated rings. The van der Waals surface area contributed by atoms with E-state index in [2.05, 4.69) is 10.1 Å². The molecule has 0 aliphatic rings. The number of carbonyl (C=O) groups is 1. The van der Waals surface area contributed by atoms with Crippen LogP contribution in [-0.2, 0) is 4.79 Å². The Balaban J connectivity index is 2.07. The minimum Gasteiger partial charge on any atom is -0.427 e. The van der Waals surface area contributed by atoms with Crippen LogP contribution in [0.5, 0.6) is 5.75 Å². The highest BCUT2D eigenvalue weighted by Crippen LogP contribution is 2.12. The molecule has 0 bridgehead atoms. The van der Waals surface area contributed by atoms with E-state index >= 15 is 0 Å². The Bertz CT molecular complexity index is 629. The summed E-state index contributed by atoms with van der Waals surface area (Å²) in [5.74, 6) is 0.604. The summed E-state index contributed by atoms with van der Waals surface area (Å²) < 4.78 is 6.59. The smallest absolute Gasteiger partial charge is 0.310 e. The number of hydrogen-bond acceptors (Lipinski definition) is 5. The van der Waals surface area contributed by atoms with Crippen molar-refractivity contribution in [1.29, 1.82) is 0 Å². The average molecular weight is 272 g/mol. The maximum atomic E-state index is 11.1. The van der Waals surface area contributed by atoms with Gasteiger partial charge in [0.15, 0.2) is 0 Å². The van der Waals surface area contributed by atoms with Gasteiger partial charge in [-0.15, -0.1) is 0 Å². The highest BCUT2D eigenvalue weighted by molar-refractivity contribution is 5.80. The molecule has 0 unspecified atom stereocenters. The van der Waals surface area contributed by atoms with E-state index in [1.165, 1.54) is 4.68 Å². The first-order chi connectivity index (χ1) is 9.58. The maximum Gasteiger partial charge on any atom is 0.310 e. The molecule has 0 atom stereocenters. The molecule has 20 heavy (non-hydrogen) atoms. The number of benzene rings is 1. The number of rotatable bonds is 4. The molecule has 0 saturated carbocycles. The molecule has 0 radical (unpaired) electrons. The zero-order valence-electron chi connectivity index (χ0n) is 11.4. The summed E-state index contributed by atoms with van der Waals surface area (Å²) in [5.41, 5.74) is 7.35. The number of anilines is 1. The molecular weight excluding hydrogens is 256 g/mol. The van der Waals surface area contributed by atoms with Crippen LogP contribution in [0, 0.1) is 6.92 Å². The van der Waals surface area contributed by atoms with E-state index in [-0.39, 0.29) is 5.97 Å². The highest BCUT2D eigenvalue weighted by Gasteiger charge is 2.01. The molecule has 1 heterocycles. The first-order valence-electron chi connectivity index (χ1n) is 6.25. The topological polar surface area (TPSA) is 82.5 Å². The summed E-state index contributed by atoms with van der Waals surface area (Å²) in [7, 11) is 0. The van der Waals surface area contributed by atoms with Gasteiger partial charge in [-0.1, -0.05) is 6.92 Å². The third-order valence-electron chi connectivity index (χ3n) is 2.57.